The number of nitrogens with zero attached hydrogens (tertiary/aromatic N) is 3. The fourth-order valence-corrected chi connectivity index (χ4v) is 5.00. The van der Waals surface area contributed by atoms with Crippen LogP contribution >= 0.6 is 11.6 Å². The van der Waals surface area contributed by atoms with Crippen LogP contribution < -0.4 is 5.73 Å². The number of amides is 1. The van der Waals surface area contributed by atoms with Crippen molar-refractivity contribution >= 4 is 17.5 Å². The Hall–Kier alpha value is -1.88. The van der Waals surface area contributed by atoms with Crippen LogP contribution in [0.25, 0.3) is 11.1 Å². The molecule has 0 radical (unpaired) electrons. The fourth-order valence-electron chi connectivity index (χ4n) is 4.79. The molecule has 1 atom stereocenters. The SMILES string of the molecule is CC1(C)Cc2c(-c3cc(C(C(N)=O)C4CCCCC4)ncc3Cl)cnn2C1. The van der Waals surface area contributed by atoms with E-state index in [0.29, 0.717) is 5.02 Å². The highest BCUT2D eigenvalue weighted by atomic mass is 35.5. The van der Waals surface area contributed by atoms with E-state index in [1.807, 2.05) is 12.3 Å². The van der Waals surface area contributed by atoms with Gasteiger partial charge >= 0.3 is 0 Å². The minimum Gasteiger partial charge on any atom is -0.369 e. The van der Waals surface area contributed by atoms with E-state index in [-0.39, 0.29) is 23.2 Å². The number of halogens is 1. The van der Waals surface area contributed by atoms with Crippen LogP contribution in [0.5, 0.6) is 0 Å². The van der Waals surface area contributed by atoms with Crippen molar-refractivity contribution in [3.8, 4) is 11.1 Å². The maximum absolute atomic E-state index is 12.3. The maximum atomic E-state index is 12.3. The molecule has 0 aromatic carbocycles. The van der Waals surface area contributed by atoms with Gasteiger partial charge in [0.2, 0.25) is 5.91 Å². The number of carbonyl (C=O) groups is 1. The Morgan fingerprint density at radius 2 is 2.00 bits per heavy atom. The molecule has 1 amide bonds. The van der Waals surface area contributed by atoms with Gasteiger partial charge in [0, 0.05) is 29.6 Å². The van der Waals surface area contributed by atoms with Gasteiger partial charge in [0.1, 0.15) is 0 Å². The Balaban J connectivity index is 1.73. The average molecular weight is 387 g/mol. The van der Waals surface area contributed by atoms with Gasteiger partial charge in [-0.15, -0.1) is 0 Å². The molecule has 2 N–H and O–H groups in total. The van der Waals surface area contributed by atoms with E-state index in [0.717, 1.165) is 55.5 Å². The number of hydrogen-bond donors (Lipinski definition) is 1. The van der Waals surface area contributed by atoms with Crippen molar-refractivity contribution in [3.63, 3.8) is 0 Å². The topological polar surface area (TPSA) is 73.8 Å². The van der Waals surface area contributed by atoms with Gasteiger partial charge in [-0.2, -0.15) is 5.10 Å². The first kappa shape index (κ1) is 18.5. The van der Waals surface area contributed by atoms with Gasteiger partial charge in [0.05, 0.1) is 22.8 Å². The van der Waals surface area contributed by atoms with Crippen LogP contribution in [0.3, 0.4) is 0 Å². The highest BCUT2D eigenvalue weighted by Crippen LogP contribution is 2.41. The predicted octanol–water partition coefficient (Wildman–Crippen LogP) is 4.33. The summed E-state index contributed by atoms with van der Waals surface area (Å²) in [5.41, 5.74) is 9.89. The van der Waals surface area contributed by atoms with E-state index in [2.05, 4.69) is 28.6 Å². The number of pyridine rings is 1. The summed E-state index contributed by atoms with van der Waals surface area (Å²) in [7, 11) is 0. The van der Waals surface area contributed by atoms with Crippen LogP contribution in [0.4, 0.5) is 0 Å². The number of aromatic nitrogens is 3. The molecule has 2 aromatic rings. The average Bonchev–Trinajstić information content (AvgIpc) is 3.12. The second kappa shape index (κ2) is 6.93. The lowest BCUT2D eigenvalue weighted by Gasteiger charge is -2.28. The summed E-state index contributed by atoms with van der Waals surface area (Å²) >= 11 is 6.51. The molecular formula is C21H27ClN4O. The third-order valence-corrected chi connectivity index (χ3v) is 6.39. The number of rotatable bonds is 4. The van der Waals surface area contributed by atoms with Gasteiger partial charge in [0.25, 0.3) is 0 Å². The number of primary amides is 1. The molecule has 27 heavy (non-hydrogen) atoms. The van der Waals surface area contributed by atoms with Gasteiger partial charge in [-0.3, -0.25) is 14.5 Å². The van der Waals surface area contributed by atoms with E-state index < -0.39 is 0 Å². The number of hydrogen-bond acceptors (Lipinski definition) is 3. The van der Waals surface area contributed by atoms with E-state index in [9.17, 15) is 4.79 Å². The van der Waals surface area contributed by atoms with Crippen molar-refractivity contribution in [2.24, 2.45) is 17.1 Å². The zero-order chi connectivity index (χ0) is 19.2. The summed E-state index contributed by atoms with van der Waals surface area (Å²) < 4.78 is 2.07. The smallest absolute Gasteiger partial charge is 0.226 e. The molecule has 1 saturated carbocycles. The number of fused-ring (bicyclic) bond motifs is 1. The molecule has 4 rings (SSSR count). The summed E-state index contributed by atoms with van der Waals surface area (Å²) in [6, 6.07) is 1.97. The molecule has 144 valence electrons. The van der Waals surface area contributed by atoms with Crippen molar-refractivity contribution < 1.29 is 4.79 Å². The largest absolute Gasteiger partial charge is 0.369 e. The quantitative estimate of drug-likeness (QED) is 0.849. The molecule has 1 aliphatic carbocycles. The first-order valence-corrected chi connectivity index (χ1v) is 10.2. The minimum atomic E-state index is -0.346. The second-order valence-corrected chi connectivity index (χ2v) is 9.28. The molecule has 0 saturated heterocycles. The van der Waals surface area contributed by atoms with Crippen LogP contribution in [0, 0.1) is 11.3 Å². The van der Waals surface area contributed by atoms with E-state index in [4.69, 9.17) is 17.3 Å². The maximum Gasteiger partial charge on any atom is 0.226 e. The third-order valence-electron chi connectivity index (χ3n) is 6.09. The van der Waals surface area contributed by atoms with Crippen LogP contribution in [-0.4, -0.2) is 20.7 Å². The number of carbonyl (C=O) groups excluding carboxylic acids is 1. The molecular weight excluding hydrogens is 360 g/mol. The Morgan fingerprint density at radius 1 is 1.26 bits per heavy atom. The van der Waals surface area contributed by atoms with Crippen LogP contribution in [0.2, 0.25) is 5.02 Å². The Morgan fingerprint density at radius 3 is 2.70 bits per heavy atom. The summed E-state index contributed by atoms with van der Waals surface area (Å²) in [6.07, 6.45) is 10.1. The second-order valence-electron chi connectivity index (χ2n) is 8.87. The molecule has 0 spiro atoms. The highest BCUT2D eigenvalue weighted by molar-refractivity contribution is 6.33. The predicted molar refractivity (Wildman–Crippen MR) is 106 cm³/mol. The molecule has 3 heterocycles. The van der Waals surface area contributed by atoms with Gasteiger partial charge in [-0.1, -0.05) is 44.7 Å². The summed E-state index contributed by atoms with van der Waals surface area (Å²) in [4.78, 5) is 16.8. The molecule has 2 aromatic heterocycles. The Labute approximate surface area is 165 Å². The standard InChI is InChI=1S/C21H27ClN4O/c1-21(2)9-18-15(10-25-26(18)12-21)14-8-17(24-11-16(14)22)19(20(23)27)13-6-4-3-5-7-13/h8,10-11,13,19H,3-7,9,12H2,1-2H3,(H2,23,27). The van der Waals surface area contributed by atoms with Crippen molar-refractivity contribution in [3.05, 3.63) is 34.9 Å². The summed E-state index contributed by atoms with van der Waals surface area (Å²) in [5.74, 6) is -0.361. The molecule has 1 aliphatic heterocycles. The van der Waals surface area contributed by atoms with E-state index in [1.165, 1.54) is 12.1 Å². The first-order valence-electron chi connectivity index (χ1n) is 9.85. The lowest BCUT2D eigenvalue weighted by atomic mass is 9.77. The fraction of sp³-hybridized carbons (Fsp3) is 0.571. The minimum absolute atomic E-state index is 0.193. The zero-order valence-corrected chi connectivity index (χ0v) is 16.8. The Bertz CT molecular complexity index is 867. The number of nitrogens with two attached hydrogens (primary N) is 1. The van der Waals surface area contributed by atoms with E-state index in [1.54, 1.807) is 6.20 Å². The van der Waals surface area contributed by atoms with Gasteiger partial charge < -0.3 is 5.73 Å². The monoisotopic (exact) mass is 386 g/mol. The van der Waals surface area contributed by atoms with Gasteiger partial charge in [-0.05, 0) is 36.7 Å². The van der Waals surface area contributed by atoms with Crippen LogP contribution in [-0.2, 0) is 17.8 Å². The molecule has 6 heteroatoms. The lowest BCUT2D eigenvalue weighted by Crippen LogP contribution is -2.30. The van der Waals surface area contributed by atoms with Crippen LogP contribution in [0.1, 0.15) is 63.3 Å². The summed E-state index contributed by atoms with van der Waals surface area (Å²) in [6.45, 7) is 5.40. The Kier molecular flexibility index (Phi) is 4.75. The molecule has 0 bridgehead atoms. The first-order chi connectivity index (χ1) is 12.9. The normalized spacial score (nSPS) is 20.4. The highest BCUT2D eigenvalue weighted by Gasteiger charge is 2.34. The van der Waals surface area contributed by atoms with Crippen molar-refractivity contribution in [2.75, 3.05) is 0 Å². The van der Waals surface area contributed by atoms with Gasteiger partial charge in [-0.25, -0.2) is 0 Å². The van der Waals surface area contributed by atoms with Crippen molar-refractivity contribution in [1.29, 1.82) is 0 Å². The van der Waals surface area contributed by atoms with Crippen molar-refractivity contribution in [1.82, 2.24) is 14.8 Å². The zero-order valence-electron chi connectivity index (χ0n) is 16.0. The summed E-state index contributed by atoms with van der Waals surface area (Å²) in [5, 5.41) is 5.14. The molecule has 1 fully saturated rings. The van der Waals surface area contributed by atoms with Crippen LogP contribution in [0.15, 0.2) is 18.5 Å². The lowest BCUT2D eigenvalue weighted by molar-refractivity contribution is -0.121. The van der Waals surface area contributed by atoms with Gasteiger partial charge in [0.15, 0.2) is 0 Å². The third kappa shape index (κ3) is 3.49. The molecule has 2 aliphatic rings. The van der Waals surface area contributed by atoms with Crippen molar-refractivity contribution in [2.45, 2.75) is 64.8 Å². The molecule has 5 nitrogen and oxygen atoms in total. The molecule has 1 unspecified atom stereocenters. The van der Waals surface area contributed by atoms with E-state index >= 15 is 0 Å².